The van der Waals surface area contributed by atoms with Crippen molar-refractivity contribution in [2.24, 2.45) is 5.92 Å². The van der Waals surface area contributed by atoms with Gasteiger partial charge in [0.1, 0.15) is 0 Å². The standard InChI is InChI=1S/C16H16N4O/c21-16(15-12-3-1-2-4-13(12)17-18-15)20-11-7-10-5-6-19(8-11)9-14(10)20/h1-4,9-11H,5-8H2,(H,17,18)/t10-,11-/m0/s1. The summed E-state index contributed by atoms with van der Waals surface area (Å²) in [5.41, 5.74) is 2.68. The minimum Gasteiger partial charge on any atom is -0.374 e. The maximum Gasteiger partial charge on any atom is 0.279 e. The molecule has 0 radical (unpaired) electrons. The largest absolute Gasteiger partial charge is 0.374 e. The van der Waals surface area contributed by atoms with E-state index >= 15 is 0 Å². The van der Waals surface area contributed by atoms with Crippen molar-refractivity contribution in [3.8, 4) is 0 Å². The average molecular weight is 280 g/mol. The third-order valence-electron chi connectivity index (χ3n) is 5.03. The summed E-state index contributed by atoms with van der Waals surface area (Å²) in [4.78, 5) is 17.4. The van der Waals surface area contributed by atoms with E-state index in [4.69, 9.17) is 0 Å². The Kier molecular flexibility index (Phi) is 2.10. The number of nitrogens with one attached hydrogen (secondary N) is 1. The fourth-order valence-electron chi connectivity index (χ4n) is 4.06. The highest BCUT2D eigenvalue weighted by molar-refractivity contribution is 6.05. The Bertz CT molecular complexity index is 775. The third kappa shape index (κ3) is 1.46. The fraction of sp³-hybridized carbons (Fsp3) is 0.375. The number of aromatic amines is 1. The predicted molar refractivity (Wildman–Crippen MR) is 78.4 cm³/mol. The van der Waals surface area contributed by atoms with Gasteiger partial charge in [-0.3, -0.25) is 9.89 Å². The van der Waals surface area contributed by atoms with Crippen molar-refractivity contribution in [1.29, 1.82) is 0 Å². The molecule has 0 unspecified atom stereocenters. The van der Waals surface area contributed by atoms with Gasteiger partial charge in [0, 0.05) is 36.3 Å². The molecule has 5 rings (SSSR count). The minimum absolute atomic E-state index is 0.0488. The Labute approximate surface area is 122 Å². The van der Waals surface area contributed by atoms with E-state index in [1.807, 2.05) is 29.2 Å². The van der Waals surface area contributed by atoms with Crippen LogP contribution in [0.5, 0.6) is 0 Å². The van der Waals surface area contributed by atoms with Gasteiger partial charge in [-0.1, -0.05) is 18.2 Å². The highest BCUT2D eigenvalue weighted by Crippen LogP contribution is 2.43. The third-order valence-corrected chi connectivity index (χ3v) is 5.03. The highest BCUT2D eigenvalue weighted by atomic mass is 16.2. The topological polar surface area (TPSA) is 52.2 Å². The number of benzene rings is 1. The molecular weight excluding hydrogens is 264 g/mol. The summed E-state index contributed by atoms with van der Waals surface area (Å²) in [5.74, 6) is 0.607. The molecule has 1 fully saturated rings. The van der Waals surface area contributed by atoms with E-state index in [0.29, 0.717) is 17.7 Å². The van der Waals surface area contributed by atoms with Crippen LogP contribution in [-0.4, -0.2) is 45.0 Å². The Morgan fingerprint density at radius 1 is 1.33 bits per heavy atom. The van der Waals surface area contributed by atoms with E-state index in [2.05, 4.69) is 21.3 Å². The van der Waals surface area contributed by atoms with Crippen molar-refractivity contribution in [3.05, 3.63) is 41.9 Å². The monoisotopic (exact) mass is 280 g/mol. The molecule has 3 bridgehead atoms. The minimum atomic E-state index is 0.0488. The zero-order valence-electron chi connectivity index (χ0n) is 11.6. The van der Waals surface area contributed by atoms with Crippen LogP contribution in [0.2, 0.25) is 0 Å². The number of hydrogen-bond donors (Lipinski definition) is 1. The lowest BCUT2D eigenvalue weighted by Gasteiger charge is -2.38. The van der Waals surface area contributed by atoms with Crippen molar-refractivity contribution in [2.45, 2.75) is 18.9 Å². The molecule has 106 valence electrons. The van der Waals surface area contributed by atoms with Crippen LogP contribution in [0.15, 0.2) is 36.2 Å². The summed E-state index contributed by atoms with van der Waals surface area (Å²) in [6.45, 7) is 2.10. The lowest BCUT2D eigenvalue weighted by molar-refractivity contribution is 0.0716. The first-order chi connectivity index (χ1) is 10.3. The maximum absolute atomic E-state index is 13.0. The number of nitrogens with zero attached hydrogens (tertiary/aromatic N) is 3. The molecule has 2 atom stereocenters. The summed E-state index contributed by atoms with van der Waals surface area (Å²) in [6.07, 6.45) is 4.47. The van der Waals surface area contributed by atoms with Gasteiger partial charge in [0.05, 0.1) is 11.6 Å². The zero-order valence-corrected chi connectivity index (χ0v) is 11.6. The van der Waals surface area contributed by atoms with Crippen molar-refractivity contribution in [1.82, 2.24) is 20.0 Å². The van der Waals surface area contributed by atoms with E-state index in [0.717, 1.165) is 30.4 Å². The summed E-state index contributed by atoms with van der Waals surface area (Å²) in [5, 5.41) is 8.15. The Balaban J connectivity index is 1.60. The van der Waals surface area contributed by atoms with Gasteiger partial charge in [-0.25, -0.2) is 0 Å². The molecule has 1 N–H and O–H groups in total. The van der Waals surface area contributed by atoms with Crippen LogP contribution in [0.4, 0.5) is 0 Å². The van der Waals surface area contributed by atoms with Gasteiger partial charge >= 0.3 is 0 Å². The van der Waals surface area contributed by atoms with Crippen molar-refractivity contribution in [3.63, 3.8) is 0 Å². The second-order valence-corrected chi connectivity index (χ2v) is 6.22. The van der Waals surface area contributed by atoms with Crippen LogP contribution in [0.3, 0.4) is 0 Å². The van der Waals surface area contributed by atoms with E-state index < -0.39 is 0 Å². The lowest BCUT2D eigenvalue weighted by atomic mass is 9.99. The van der Waals surface area contributed by atoms with Gasteiger partial charge in [-0.2, -0.15) is 5.10 Å². The summed E-state index contributed by atoms with van der Waals surface area (Å²) < 4.78 is 0. The molecule has 3 aliphatic rings. The molecule has 2 aromatic rings. The quantitative estimate of drug-likeness (QED) is 0.868. The molecule has 1 saturated heterocycles. The van der Waals surface area contributed by atoms with Gasteiger partial charge in [-0.05, 0) is 18.9 Å². The smallest absolute Gasteiger partial charge is 0.279 e. The SMILES string of the molecule is O=C(c1n[nH]c2ccccc12)N1C2=CN3CC[C@H]2C[C@H]1C3. The number of para-hydroxylation sites is 1. The molecule has 0 spiro atoms. The Morgan fingerprint density at radius 2 is 2.24 bits per heavy atom. The van der Waals surface area contributed by atoms with E-state index in [1.54, 1.807) is 0 Å². The average Bonchev–Trinajstić information content (AvgIpc) is 2.96. The maximum atomic E-state index is 13.0. The zero-order chi connectivity index (χ0) is 14.0. The second kappa shape index (κ2) is 3.87. The van der Waals surface area contributed by atoms with Crippen LogP contribution >= 0.6 is 0 Å². The number of amides is 1. The Morgan fingerprint density at radius 3 is 3.19 bits per heavy atom. The molecule has 1 aromatic carbocycles. The lowest BCUT2D eigenvalue weighted by Crippen LogP contribution is -2.46. The number of fused-ring (bicyclic) bond motifs is 3. The Hall–Kier alpha value is -2.30. The van der Waals surface area contributed by atoms with Gasteiger partial charge in [0.2, 0.25) is 0 Å². The van der Waals surface area contributed by atoms with Crippen molar-refractivity contribution < 1.29 is 4.79 Å². The van der Waals surface area contributed by atoms with Gasteiger partial charge in [-0.15, -0.1) is 0 Å². The molecule has 0 saturated carbocycles. The van der Waals surface area contributed by atoms with Crippen LogP contribution in [-0.2, 0) is 0 Å². The van der Waals surface area contributed by atoms with Gasteiger partial charge in [0.15, 0.2) is 5.69 Å². The number of H-pyrrole nitrogens is 1. The van der Waals surface area contributed by atoms with Crippen molar-refractivity contribution in [2.75, 3.05) is 13.1 Å². The predicted octanol–water partition coefficient (Wildman–Crippen LogP) is 1.95. The highest BCUT2D eigenvalue weighted by Gasteiger charge is 2.46. The molecule has 0 aliphatic carbocycles. The van der Waals surface area contributed by atoms with Crippen LogP contribution < -0.4 is 0 Å². The number of hydrogen-bond acceptors (Lipinski definition) is 3. The fourth-order valence-corrected chi connectivity index (χ4v) is 4.06. The number of allylic oxidation sites excluding steroid dienone is 1. The first-order valence-corrected chi connectivity index (χ1v) is 7.54. The normalized spacial score (nSPS) is 26.6. The van der Waals surface area contributed by atoms with E-state index in [1.165, 1.54) is 12.1 Å². The van der Waals surface area contributed by atoms with E-state index in [9.17, 15) is 4.79 Å². The molecular formula is C16H16N4O. The number of carbonyl (C=O) groups is 1. The first-order valence-electron chi connectivity index (χ1n) is 7.54. The van der Waals surface area contributed by atoms with E-state index in [-0.39, 0.29) is 5.91 Å². The van der Waals surface area contributed by atoms with Gasteiger partial charge in [0.25, 0.3) is 5.91 Å². The van der Waals surface area contributed by atoms with Crippen LogP contribution in [0.25, 0.3) is 10.9 Å². The summed E-state index contributed by atoms with van der Waals surface area (Å²) in [7, 11) is 0. The van der Waals surface area contributed by atoms with Crippen LogP contribution in [0, 0.1) is 5.92 Å². The summed E-state index contributed by atoms with van der Waals surface area (Å²) in [6, 6.07) is 8.14. The molecule has 5 heteroatoms. The second-order valence-electron chi connectivity index (χ2n) is 6.22. The molecule has 5 nitrogen and oxygen atoms in total. The molecule has 21 heavy (non-hydrogen) atoms. The number of aromatic nitrogens is 2. The van der Waals surface area contributed by atoms with Crippen LogP contribution in [0.1, 0.15) is 23.3 Å². The molecule has 1 amide bonds. The molecule has 4 heterocycles. The molecule has 1 aromatic heterocycles. The number of carbonyl (C=O) groups excluding carboxylic acids is 1. The first kappa shape index (κ1) is 11.4. The molecule has 3 aliphatic heterocycles. The number of rotatable bonds is 1. The summed E-state index contributed by atoms with van der Waals surface area (Å²) >= 11 is 0. The van der Waals surface area contributed by atoms with Crippen molar-refractivity contribution >= 4 is 16.8 Å². The van der Waals surface area contributed by atoms with Gasteiger partial charge < -0.3 is 9.80 Å².